The van der Waals surface area contributed by atoms with Gasteiger partial charge in [-0.2, -0.15) is 0 Å². The van der Waals surface area contributed by atoms with E-state index in [1.165, 1.54) is 38.9 Å². The van der Waals surface area contributed by atoms with E-state index in [4.69, 9.17) is 4.74 Å². The summed E-state index contributed by atoms with van der Waals surface area (Å²) in [5, 5.41) is 3.81. The molecule has 0 aromatic carbocycles. The average molecular weight is 268 g/mol. The van der Waals surface area contributed by atoms with Crippen LogP contribution in [-0.4, -0.2) is 48.8 Å². The van der Waals surface area contributed by atoms with Crippen LogP contribution >= 0.6 is 0 Å². The van der Waals surface area contributed by atoms with Crippen LogP contribution in [0, 0.1) is 5.92 Å². The normalized spacial score (nSPS) is 37.1. The Hall–Kier alpha value is -0.120. The van der Waals surface area contributed by atoms with Gasteiger partial charge in [-0.25, -0.2) is 0 Å². The number of likely N-dealkylation sites (tertiary alicyclic amines) is 1. The van der Waals surface area contributed by atoms with E-state index in [2.05, 4.69) is 37.9 Å². The summed E-state index contributed by atoms with van der Waals surface area (Å²) in [5.74, 6) is 0.845. The molecule has 19 heavy (non-hydrogen) atoms. The summed E-state index contributed by atoms with van der Waals surface area (Å²) in [4.78, 5) is 2.60. The van der Waals surface area contributed by atoms with Crippen LogP contribution < -0.4 is 5.32 Å². The van der Waals surface area contributed by atoms with E-state index in [0.29, 0.717) is 12.1 Å². The SMILES string of the molecule is CCC1(C)CC(NCC2CCN(C(C)C)C2)CCO1. The number of rotatable bonds is 5. The van der Waals surface area contributed by atoms with Crippen molar-refractivity contribution in [1.82, 2.24) is 10.2 Å². The summed E-state index contributed by atoms with van der Waals surface area (Å²) in [6.07, 6.45) is 4.83. The molecular formula is C16H32N2O. The smallest absolute Gasteiger partial charge is 0.0666 e. The zero-order valence-electron chi connectivity index (χ0n) is 13.2. The van der Waals surface area contributed by atoms with Crippen molar-refractivity contribution < 1.29 is 4.74 Å². The third-order valence-corrected chi connectivity index (χ3v) is 5.09. The summed E-state index contributed by atoms with van der Waals surface area (Å²) < 4.78 is 5.92. The molecule has 3 nitrogen and oxygen atoms in total. The van der Waals surface area contributed by atoms with Gasteiger partial charge in [0.15, 0.2) is 0 Å². The zero-order chi connectivity index (χ0) is 13.9. The van der Waals surface area contributed by atoms with Gasteiger partial charge in [-0.1, -0.05) is 6.92 Å². The maximum Gasteiger partial charge on any atom is 0.0666 e. The Morgan fingerprint density at radius 1 is 1.37 bits per heavy atom. The minimum atomic E-state index is 0.107. The monoisotopic (exact) mass is 268 g/mol. The molecule has 0 aromatic rings. The molecule has 3 unspecified atom stereocenters. The molecule has 2 rings (SSSR count). The van der Waals surface area contributed by atoms with E-state index in [0.717, 1.165) is 18.9 Å². The fraction of sp³-hybridized carbons (Fsp3) is 1.00. The number of hydrogen-bond acceptors (Lipinski definition) is 3. The van der Waals surface area contributed by atoms with Crippen molar-refractivity contribution in [2.75, 3.05) is 26.2 Å². The van der Waals surface area contributed by atoms with E-state index in [9.17, 15) is 0 Å². The highest BCUT2D eigenvalue weighted by atomic mass is 16.5. The molecule has 0 aliphatic carbocycles. The van der Waals surface area contributed by atoms with E-state index < -0.39 is 0 Å². The highest BCUT2D eigenvalue weighted by Crippen LogP contribution is 2.28. The van der Waals surface area contributed by atoms with Gasteiger partial charge in [-0.05, 0) is 65.5 Å². The molecule has 0 spiro atoms. The minimum Gasteiger partial charge on any atom is -0.375 e. The molecular weight excluding hydrogens is 236 g/mol. The largest absolute Gasteiger partial charge is 0.375 e. The fourth-order valence-corrected chi connectivity index (χ4v) is 3.38. The lowest BCUT2D eigenvalue weighted by atomic mass is 9.89. The van der Waals surface area contributed by atoms with Crippen molar-refractivity contribution in [2.45, 2.75) is 71.1 Å². The second kappa shape index (κ2) is 6.55. The third kappa shape index (κ3) is 4.17. The van der Waals surface area contributed by atoms with Crippen molar-refractivity contribution in [1.29, 1.82) is 0 Å². The van der Waals surface area contributed by atoms with Crippen LogP contribution in [0.25, 0.3) is 0 Å². The molecule has 0 aromatic heterocycles. The second-order valence-corrected chi connectivity index (χ2v) is 6.99. The van der Waals surface area contributed by atoms with Gasteiger partial charge in [0.1, 0.15) is 0 Å². The molecule has 3 heteroatoms. The van der Waals surface area contributed by atoms with Gasteiger partial charge >= 0.3 is 0 Å². The number of hydrogen-bond donors (Lipinski definition) is 1. The fourth-order valence-electron chi connectivity index (χ4n) is 3.38. The summed E-state index contributed by atoms with van der Waals surface area (Å²) in [5.41, 5.74) is 0.107. The molecule has 0 amide bonds. The van der Waals surface area contributed by atoms with Gasteiger partial charge < -0.3 is 15.0 Å². The molecule has 0 saturated carbocycles. The van der Waals surface area contributed by atoms with Crippen LogP contribution in [-0.2, 0) is 4.74 Å². The van der Waals surface area contributed by atoms with Crippen molar-refractivity contribution in [3.8, 4) is 0 Å². The Morgan fingerprint density at radius 2 is 2.16 bits per heavy atom. The second-order valence-electron chi connectivity index (χ2n) is 6.99. The Bertz CT molecular complexity index is 282. The van der Waals surface area contributed by atoms with Crippen molar-refractivity contribution in [2.24, 2.45) is 5.92 Å². The lowest BCUT2D eigenvalue weighted by Crippen LogP contribution is -2.46. The first-order valence-corrected chi connectivity index (χ1v) is 8.14. The molecule has 2 heterocycles. The first kappa shape index (κ1) is 15.3. The van der Waals surface area contributed by atoms with Crippen LogP contribution in [0.3, 0.4) is 0 Å². The highest BCUT2D eigenvalue weighted by molar-refractivity contribution is 4.87. The maximum atomic E-state index is 5.92. The van der Waals surface area contributed by atoms with Crippen molar-refractivity contribution in [3.05, 3.63) is 0 Å². The lowest BCUT2D eigenvalue weighted by molar-refractivity contribution is -0.0781. The molecule has 0 radical (unpaired) electrons. The van der Waals surface area contributed by atoms with Crippen molar-refractivity contribution >= 4 is 0 Å². The summed E-state index contributed by atoms with van der Waals surface area (Å²) in [6.45, 7) is 13.8. The Balaban J connectivity index is 1.71. The molecule has 2 fully saturated rings. The maximum absolute atomic E-state index is 5.92. The van der Waals surface area contributed by atoms with Crippen LogP contribution in [0.5, 0.6) is 0 Å². The number of nitrogens with zero attached hydrogens (tertiary/aromatic N) is 1. The minimum absolute atomic E-state index is 0.107. The molecule has 1 N–H and O–H groups in total. The Morgan fingerprint density at radius 3 is 2.79 bits per heavy atom. The van der Waals surface area contributed by atoms with Crippen LogP contribution in [0.4, 0.5) is 0 Å². The molecule has 2 saturated heterocycles. The number of nitrogens with one attached hydrogen (secondary N) is 1. The highest BCUT2D eigenvalue weighted by Gasteiger charge is 2.32. The average Bonchev–Trinajstić information content (AvgIpc) is 2.86. The molecule has 2 aliphatic heterocycles. The van der Waals surface area contributed by atoms with Gasteiger partial charge in [0.05, 0.1) is 5.60 Å². The predicted octanol–water partition coefficient (Wildman–Crippen LogP) is 2.65. The first-order valence-electron chi connectivity index (χ1n) is 8.14. The van der Waals surface area contributed by atoms with E-state index in [1.54, 1.807) is 0 Å². The predicted molar refractivity (Wildman–Crippen MR) is 80.5 cm³/mol. The molecule has 0 bridgehead atoms. The van der Waals surface area contributed by atoms with Gasteiger partial charge in [0, 0.05) is 25.2 Å². The van der Waals surface area contributed by atoms with E-state index in [-0.39, 0.29) is 5.60 Å². The topological polar surface area (TPSA) is 24.5 Å². The lowest BCUT2D eigenvalue weighted by Gasteiger charge is -2.38. The van der Waals surface area contributed by atoms with Crippen LogP contribution in [0.15, 0.2) is 0 Å². The van der Waals surface area contributed by atoms with Crippen LogP contribution in [0.2, 0.25) is 0 Å². The Kier molecular flexibility index (Phi) is 5.27. The van der Waals surface area contributed by atoms with Gasteiger partial charge in [-0.15, -0.1) is 0 Å². The molecule has 2 aliphatic rings. The van der Waals surface area contributed by atoms with E-state index in [1.807, 2.05) is 0 Å². The van der Waals surface area contributed by atoms with Gasteiger partial charge in [0.2, 0.25) is 0 Å². The summed E-state index contributed by atoms with van der Waals surface area (Å²) in [7, 11) is 0. The summed E-state index contributed by atoms with van der Waals surface area (Å²) >= 11 is 0. The van der Waals surface area contributed by atoms with Crippen molar-refractivity contribution in [3.63, 3.8) is 0 Å². The van der Waals surface area contributed by atoms with Gasteiger partial charge in [0.25, 0.3) is 0 Å². The zero-order valence-corrected chi connectivity index (χ0v) is 13.2. The van der Waals surface area contributed by atoms with E-state index >= 15 is 0 Å². The van der Waals surface area contributed by atoms with Gasteiger partial charge in [-0.3, -0.25) is 0 Å². The Labute approximate surface area is 119 Å². The molecule has 3 atom stereocenters. The molecule has 112 valence electrons. The summed E-state index contributed by atoms with van der Waals surface area (Å²) in [6, 6.07) is 1.36. The van der Waals surface area contributed by atoms with Crippen LogP contribution in [0.1, 0.15) is 53.4 Å². The third-order valence-electron chi connectivity index (χ3n) is 5.09. The quantitative estimate of drug-likeness (QED) is 0.829. The first-order chi connectivity index (χ1) is 9.02. The number of ether oxygens (including phenoxy) is 1. The standard InChI is InChI=1S/C16H32N2O/c1-5-16(4)10-15(7-9-19-16)17-11-14-6-8-18(12-14)13(2)3/h13-15,17H,5-12H2,1-4H3.